The molecule has 1 aliphatic rings. The van der Waals surface area contributed by atoms with Crippen molar-refractivity contribution in [3.63, 3.8) is 0 Å². The third-order valence-corrected chi connectivity index (χ3v) is 3.67. The average Bonchev–Trinajstić information content (AvgIpc) is 2.64. The molecule has 16 heavy (non-hydrogen) atoms. The topological polar surface area (TPSA) is 46.3 Å². The zero-order chi connectivity index (χ0) is 12.3. The van der Waals surface area contributed by atoms with Gasteiger partial charge in [0.05, 0.1) is 10.9 Å². The zero-order valence-corrected chi connectivity index (χ0v) is 11.2. The highest BCUT2D eigenvalue weighted by Crippen LogP contribution is 2.23. The van der Waals surface area contributed by atoms with Gasteiger partial charge in [-0.25, -0.2) is 0 Å². The third kappa shape index (κ3) is 2.94. The number of nitrogens with two attached hydrogens (primary N) is 1. The van der Waals surface area contributed by atoms with Crippen LogP contribution in [0.3, 0.4) is 0 Å². The van der Waals surface area contributed by atoms with Crippen molar-refractivity contribution in [2.45, 2.75) is 33.6 Å². The maximum absolute atomic E-state index is 12.2. The average molecular weight is 242 g/mol. The maximum atomic E-state index is 12.2. The summed E-state index contributed by atoms with van der Waals surface area (Å²) in [4.78, 5) is 14.5. The second-order valence-electron chi connectivity index (χ2n) is 4.97. The lowest BCUT2D eigenvalue weighted by molar-refractivity contribution is -0.133. The summed E-state index contributed by atoms with van der Waals surface area (Å²) in [5.41, 5.74) is 5.66. The van der Waals surface area contributed by atoms with Crippen molar-refractivity contribution >= 4 is 23.1 Å². The van der Waals surface area contributed by atoms with E-state index in [1.165, 1.54) is 0 Å². The molecule has 0 bridgehead atoms. The van der Waals surface area contributed by atoms with Crippen LogP contribution in [0.5, 0.6) is 0 Å². The number of carbonyl (C=O) groups is 1. The molecule has 1 amide bonds. The fourth-order valence-corrected chi connectivity index (χ4v) is 2.67. The van der Waals surface area contributed by atoms with E-state index in [9.17, 15) is 4.79 Å². The van der Waals surface area contributed by atoms with Gasteiger partial charge in [-0.1, -0.05) is 39.4 Å². The smallest absolute Gasteiger partial charge is 0.232 e. The van der Waals surface area contributed by atoms with Gasteiger partial charge in [0, 0.05) is 13.1 Å². The number of amides is 1. The molecule has 1 aliphatic heterocycles. The Balaban J connectivity index is 2.66. The zero-order valence-electron chi connectivity index (χ0n) is 10.4. The van der Waals surface area contributed by atoms with Gasteiger partial charge in [-0.3, -0.25) is 4.79 Å². The van der Waals surface area contributed by atoms with Crippen molar-refractivity contribution in [2.24, 2.45) is 23.5 Å². The minimum atomic E-state index is -0.286. The SMILES string of the molecule is CCC1CCN(C(=O)C(C(N)=S)C(C)C)C1. The number of likely N-dealkylation sites (tertiary alicyclic amines) is 1. The van der Waals surface area contributed by atoms with Crippen LogP contribution in [-0.4, -0.2) is 28.9 Å². The summed E-state index contributed by atoms with van der Waals surface area (Å²) >= 11 is 4.99. The molecule has 1 heterocycles. The fraction of sp³-hybridized carbons (Fsp3) is 0.833. The molecule has 2 N–H and O–H groups in total. The predicted octanol–water partition coefficient (Wildman–Crippen LogP) is 1.80. The van der Waals surface area contributed by atoms with Gasteiger partial charge < -0.3 is 10.6 Å². The normalized spacial score (nSPS) is 22.5. The van der Waals surface area contributed by atoms with E-state index in [2.05, 4.69) is 6.92 Å². The quantitative estimate of drug-likeness (QED) is 0.765. The predicted molar refractivity (Wildman–Crippen MR) is 70.1 cm³/mol. The molecule has 0 spiro atoms. The first-order valence-electron chi connectivity index (χ1n) is 6.05. The summed E-state index contributed by atoms with van der Waals surface area (Å²) in [7, 11) is 0. The molecule has 3 nitrogen and oxygen atoms in total. The van der Waals surface area contributed by atoms with E-state index in [-0.39, 0.29) is 17.7 Å². The summed E-state index contributed by atoms with van der Waals surface area (Å²) in [5, 5.41) is 0. The fourth-order valence-electron chi connectivity index (χ4n) is 2.30. The van der Waals surface area contributed by atoms with Crippen LogP contribution in [0.2, 0.25) is 0 Å². The monoisotopic (exact) mass is 242 g/mol. The molecule has 0 aromatic carbocycles. The molecule has 1 saturated heterocycles. The second-order valence-corrected chi connectivity index (χ2v) is 5.44. The minimum Gasteiger partial charge on any atom is -0.393 e. The molecular weight excluding hydrogens is 220 g/mol. The van der Waals surface area contributed by atoms with E-state index in [0.717, 1.165) is 25.9 Å². The Morgan fingerprint density at radius 3 is 2.56 bits per heavy atom. The van der Waals surface area contributed by atoms with Gasteiger partial charge in [0.15, 0.2) is 0 Å². The first-order valence-corrected chi connectivity index (χ1v) is 6.46. The van der Waals surface area contributed by atoms with Gasteiger partial charge >= 0.3 is 0 Å². The van der Waals surface area contributed by atoms with E-state index < -0.39 is 0 Å². The summed E-state index contributed by atoms with van der Waals surface area (Å²) in [6, 6.07) is 0. The van der Waals surface area contributed by atoms with Crippen molar-refractivity contribution < 1.29 is 4.79 Å². The van der Waals surface area contributed by atoms with Crippen molar-refractivity contribution in [3.8, 4) is 0 Å². The Morgan fingerprint density at radius 1 is 1.56 bits per heavy atom. The van der Waals surface area contributed by atoms with Crippen LogP contribution in [-0.2, 0) is 4.79 Å². The van der Waals surface area contributed by atoms with Crippen LogP contribution in [0, 0.1) is 17.8 Å². The number of thiocarbonyl (C=S) groups is 1. The van der Waals surface area contributed by atoms with Crippen LogP contribution in [0.15, 0.2) is 0 Å². The first kappa shape index (κ1) is 13.4. The molecule has 4 heteroatoms. The van der Waals surface area contributed by atoms with Crippen molar-refractivity contribution in [2.75, 3.05) is 13.1 Å². The molecule has 0 aromatic heterocycles. The second kappa shape index (κ2) is 5.62. The van der Waals surface area contributed by atoms with Crippen molar-refractivity contribution in [3.05, 3.63) is 0 Å². The van der Waals surface area contributed by atoms with E-state index >= 15 is 0 Å². The summed E-state index contributed by atoms with van der Waals surface area (Å²) in [6.07, 6.45) is 2.26. The standard InChI is InChI=1S/C12H22N2OS/c1-4-9-5-6-14(7-9)12(15)10(8(2)3)11(13)16/h8-10H,4-7H2,1-3H3,(H2,13,16). The van der Waals surface area contributed by atoms with Gasteiger partial charge in [0.1, 0.15) is 0 Å². The third-order valence-electron chi connectivity index (χ3n) is 3.41. The number of rotatable bonds is 4. The van der Waals surface area contributed by atoms with Crippen LogP contribution in [0.4, 0.5) is 0 Å². The Hall–Kier alpha value is -0.640. The van der Waals surface area contributed by atoms with Crippen LogP contribution in [0.25, 0.3) is 0 Å². The highest BCUT2D eigenvalue weighted by Gasteiger charge is 2.33. The highest BCUT2D eigenvalue weighted by atomic mass is 32.1. The van der Waals surface area contributed by atoms with E-state index in [1.54, 1.807) is 0 Å². The highest BCUT2D eigenvalue weighted by molar-refractivity contribution is 7.80. The van der Waals surface area contributed by atoms with Gasteiger partial charge in [0.2, 0.25) is 5.91 Å². The molecule has 2 atom stereocenters. The number of hydrogen-bond donors (Lipinski definition) is 1. The van der Waals surface area contributed by atoms with Crippen molar-refractivity contribution in [1.29, 1.82) is 0 Å². The Morgan fingerprint density at radius 2 is 2.19 bits per heavy atom. The summed E-state index contributed by atoms with van der Waals surface area (Å²) in [5.74, 6) is 0.679. The molecule has 0 aliphatic carbocycles. The molecular formula is C12H22N2OS. The lowest BCUT2D eigenvalue weighted by Gasteiger charge is -2.25. The molecule has 0 aromatic rings. The van der Waals surface area contributed by atoms with Gasteiger partial charge in [-0.2, -0.15) is 0 Å². The van der Waals surface area contributed by atoms with Crippen LogP contribution in [0.1, 0.15) is 33.6 Å². The van der Waals surface area contributed by atoms with E-state index in [4.69, 9.17) is 18.0 Å². The Kier molecular flexibility index (Phi) is 4.71. The molecule has 0 radical (unpaired) electrons. The largest absolute Gasteiger partial charge is 0.393 e. The number of hydrogen-bond acceptors (Lipinski definition) is 2. The first-order chi connectivity index (χ1) is 7.47. The minimum absolute atomic E-state index is 0.124. The van der Waals surface area contributed by atoms with E-state index in [1.807, 2.05) is 18.7 Å². The molecule has 1 rings (SSSR count). The molecule has 92 valence electrons. The summed E-state index contributed by atoms with van der Waals surface area (Å²) in [6.45, 7) is 7.90. The van der Waals surface area contributed by atoms with Crippen LogP contribution < -0.4 is 5.73 Å². The maximum Gasteiger partial charge on any atom is 0.232 e. The molecule has 2 unspecified atom stereocenters. The lowest BCUT2D eigenvalue weighted by Crippen LogP contribution is -2.42. The van der Waals surface area contributed by atoms with Crippen LogP contribution >= 0.6 is 12.2 Å². The van der Waals surface area contributed by atoms with Gasteiger partial charge in [-0.15, -0.1) is 0 Å². The Bertz CT molecular complexity index is 278. The molecule has 1 fully saturated rings. The van der Waals surface area contributed by atoms with Crippen molar-refractivity contribution in [1.82, 2.24) is 4.90 Å². The van der Waals surface area contributed by atoms with Gasteiger partial charge in [0.25, 0.3) is 0 Å². The summed E-state index contributed by atoms with van der Waals surface area (Å²) < 4.78 is 0. The van der Waals surface area contributed by atoms with E-state index in [0.29, 0.717) is 10.9 Å². The lowest BCUT2D eigenvalue weighted by atomic mass is 9.94. The van der Waals surface area contributed by atoms with Gasteiger partial charge in [-0.05, 0) is 18.3 Å². The number of nitrogens with zero attached hydrogens (tertiary/aromatic N) is 1. The number of carbonyl (C=O) groups excluding carboxylic acids is 1. The Labute approximate surface area is 103 Å². The molecule has 0 saturated carbocycles.